The van der Waals surface area contributed by atoms with E-state index in [1.807, 2.05) is 13.8 Å². The van der Waals surface area contributed by atoms with Crippen LogP contribution in [0, 0.1) is 0 Å². The fourth-order valence-corrected chi connectivity index (χ4v) is 3.10. The summed E-state index contributed by atoms with van der Waals surface area (Å²) in [5, 5.41) is 2.59. The van der Waals surface area contributed by atoms with E-state index in [9.17, 15) is 13.2 Å². The number of nitrogens with one attached hydrogen (secondary N) is 2. The smallest absolute Gasteiger partial charge is 0.262 e. The Bertz CT molecular complexity index is 815. The van der Waals surface area contributed by atoms with Crippen LogP contribution < -0.4 is 14.8 Å². The molecule has 0 unspecified atom stereocenters. The Kier molecular flexibility index (Phi) is 5.46. The van der Waals surface area contributed by atoms with Crippen LogP contribution in [0.3, 0.4) is 0 Å². The van der Waals surface area contributed by atoms with Crippen LogP contribution in [0.25, 0.3) is 0 Å². The average molecular weight is 348 g/mol. The summed E-state index contributed by atoms with van der Waals surface area (Å²) in [6.07, 6.45) is -0.0763. The van der Waals surface area contributed by atoms with Gasteiger partial charge in [-0.25, -0.2) is 8.42 Å². The molecule has 0 radical (unpaired) electrons. The minimum atomic E-state index is -3.76. The van der Waals surface area contributed by atoms with E-state index >= 15 is 0 Å². The average Bonchev–Trinajstić information content (AvgIpc) is 2.48. The van der Waals surface area contributed by atoms with Crippen LogP contribution >= 0.6 is 0 Å². The number of sulfonamides is 1. The van der Waals surface area contributed by atoms with Crippen molar-refractivity contribution in [2.75, 3.05) is 10.0 Å². The first-order chi connectivity index (χ1) is 11.3. The van der Waals surface area contributed by atoms with E-state index in [4.69, 9.17) is 4.74 Å². The van der Waals surface area contributed by atoms with Gasteiger partial charge in [0.25, 0.3) is 10.0 Å². The second kappa shape index (κ2) is 7.35. The van der Waals surface area contributed by atoms with Gasteiger partial charge in [-0.1, -0.05) is 12.1 Å². The van der Waals surface area contributed by atoms with Crippen molar-refractivity contribution in [1.29, 1.82) is 0 Å². The lowest BCUT2D eigenvalue weighted by atomic mass is 10.3. The molecule has 24 heavy (non-hydrogen) atoms. The maximum atomic E-state index is 12.5. The highest BCUT2D eigenvalue weighted by molar-refractivity contribution is 7.92. The summed E-state index contributed by atoms with van der Waals surface area (Å²) in [5.74, 6) is 0.245. The Hall–Kier alpha value is -2.54. The van der Waals surface area contributed by atoms with Crippen molar-refractivity contribution < 1.29 is 17.9 Å². The second-order valence-corrected chi connectivity index (χ2v) is 7.16. The zero-order valence-corrected chi connectivity index (χ0v) is 14.6. The number of benzene rings is 2. The summed E-state index contributed by atoms with van der Waals surface area (Å²) in [6.45, 7) is 5.12. The summed E-state index contributed by atoms with van der Waals surface area (Å²) in [5.41, 5.74) is 0.905. The lowest BCUT2D eigenvalue weighted by Gasteiger charge is -2.15. The molecule has 0 saturated heterocycles. The number of carbonyl (C=O) groups excluding carboxylic acids is 1. The van der Waals surface area contributed by atoms with Crippen LogP contribution in [0.5, 0.6) is 5.75 Å². The third kappa shape index (κ3) is 4.73. The molecule has 0 bridgehead atoms. The Balaban J connectivity index is 2.24. The van der Waals surface area contributed by atoms with E-state index in [-0.39, 0.29) is 16.9 Å². The van der Waals surface area contributed by atoms with Crippen LogP contribution in [0.15, 0.2) is 53.4 Å². The topological polar surface area (TPSA) is 84.5 Å². The van der Waals surface area contributed by atoms with Gasteiger partial charge in [0.1, 0.15) is 5.75 Å². The van der Waals surface area contributed by atoms with E-state index in [0.717, 1.165) is 0 Å². The molecule has 0 aliphatic heterocycles. The van der Waals surface area contributed by atoms with Crippen molar-refractivity contribution in [3.05, 3.63) is 48.5 Å². The second-order valence-electron chi connectivity index (χ2n) is 5.47. The molecule has 1 amide bonds. The van der Waals surface area contributed by atoms with Crippen molar-refractivity contribution in [2.24, 2.45) is 0 Å². The van der Waals surface area contributed by atoms with Gasteiger partial charge in [0, 0.05) is 12.6 Å². The highest BCUT2D eigenvalue weighted by Gasteiger charge is 2.17. The summed E-state index contributed by atoms with van der Waals surface area (Å²) < 4.78 is 33.2. The molecule has 0 heterocycles. The Morgan fingerprint density at radius 2 is 1.67 bits per heavy atom. The van der Waals surface area contributed by atoms with Gasteiger partial charge in [0.05, 0.1) is 16.7 Å². The molecule has 0 atom stereocenters. The molecule has 0 fully saturated rings. The zero-order chi connectivity index (χ0) is 17.7. The molecule has 0 aliphatic rings. The number of para-hydroxylation sites is 2. The minimum absolute atomic E-state index is 0.0763. The minimum Gasteiger partial charge on any atom is -0.489 e. The maximum absolute atomic E-state index is 12.5. The third-order valence-electron chi connectivity index (χ3n) is 2.98. The van der Waals surface area contributed by atoms with Crippen molar-refractivity contribution in [2.45, 2.75) is 31.8 Å². The summed E-state index contributed by atoms with van der Waals surface area (Å²) in [4.78, 5) is 11.1. The Morgan fingerprint density at radius 1 is 1.04 bits per heavy atom. The molecule has 128 valence electrons. The molecular weight excluding hydrogens is 328 g/mol. The third-order valence-corrected chi connectivity index (χ3v) is 4.36. The lowest BCUT2D eigenvalue weighted by molar-refractivity contribution is -0.114. The van der Waals surface area contributed by atoms with Crippen LogP contribution in [0.2, 0.25) is 0 Å². The summed E-state index contributed by atoms with van der Waals surface area (Å²) >= 11 is 0. The van der Waals surface area contributed by atoms with Crippen molar-refractivity contribution >= 4 is 27.3 Å². The van der Waals surface area contributed by atoms with Crippen molar-refractivity contribution in [3.63, 3.8) is 0 Å². The molecular formula is C17H20N2O4S. The van der Waals surface area contributed by atoms with Gasteiger partial charge in [0.15, 0.2) is 0 Å². The van der Waals surface area contributed by atoms with E-state index in [1.54, 1.807) is 24.3 Å². The molecule has 2 N–H and O–H groups in total. The number of amides is 1. The standard InChI is InChI=1S/C17H20N2O4S/c1-12(2)23-17-7-5-4-6-16(17)19-24(21,22)15-10-8-14(9-11-15)18-13(3)20/h4-12,19H,1-3H3,(H,18,20). The predicted molar refractivity (Wildman–Crippen MR) is 93.8 cm³/mol. The molecule has 0 aromatic heterocycles. The number of rotatable bonds is 6. The predicted octanol–water partition coefficient (Wildman–Crippen LogP) is 3.23. The molecule has 2 rings (SSSR count). The zero-order valence-electron chi connectivity index (χ0n) is 13.7. The number of anilines is 2. The molecule has 0 aliphatic carbocycles. The van der Waals surface area contributed by atoms with Gasteiger partial charge < -0.3 is 10.1 Å². The molecule has 2 aromatic carbocycles. The first-order valence-electron chi connectivity index (χ1n) is 7.44. The largest absolute Gasteiger partial charge is 0.489 e. The monoisotopic (exact) mass is 348 g/mol. The van der Waals surface area contributed by atoms with Gasteiger partial charge in [-0.05, 0) is 50.2 Å². The van der Waals surface area contributed by atoms with E-state index in [1.165, 1.54) is 31.2 Å². The number of hydrogen-bond acceptors (Lipinski definition) is 4. The van der Waals surface area contributed by atoms with Crippen LogP contribution in [0.1, 0.15) is 20.8 Å². The maximum Gasteiger partial charge on any atom is 0.262 e. The number of ether oxygens (including phenoxy) is 1. The molecule has 7 heteroatoms. The Labute approximate surface area is 141 Å². The molecule has 0 spiro atoms. The van der Waals surface area contributed by atoms with Crippen molar-refractivity contribution in [3.8, 4) is 5.75 Å². The van der Waals surface area contributed by atoms with E-state index in [0.29, 0.717) is 17.1 Å². The normalized spacial score (nSPS) is 11.2. The Morgan fingerprint density at radius 3 is 2.25 bits per heavy atom. The summed E-state index contributed by atoms with van der Waals surface area (Å²) in [7, 11) is -3.76. The van der Waals surface area contributed by atoms with E-state index in [2.05, 4.69) is 10.0 Å². The molecule has 0 saturated carbocycles. The number of hydrogen-bond donors (Lipinski definition) is 2. The van der Waals surface area contributed by atoms with Gasteiger partial charge >= 0.3 is 0 Å². The van der Waals surface area contributed by atoms with Crippen LogP contribution in [-0.2, 0) is 14.8 Å². The van der Waals surface area contributed by atoms with Gasteiger partial charge in [-0.3, -0.25) is 9.52 Å². The highest BCUT2D eigenvalue weighted by Crippen LogP contribution is 2.27. The fraction of sp³-hybridized carbons (Fsp3) is 0.235. The molecule has 2 aromatic rings. The quantitative estimate of drug-likeness (QED) is 0.839. The van der Waals surface area contributed by atoms with Gasteiger partial charge in [-0.15, -0.1) is 0 Å². The van der Waals surface area contributed by atoms with Crippen LogP contribution in [-0.4, -0.2) is 20.4 Å². The van der Waals surface area contributed by atoms with Gasteiger partial charge in [-0.2, -0.15) is 0 Å². The van der Waals surface area contributed by atoms with Gasteiger partial charge in [0.2, 0.25) is 5.91 Å². The van der Waals surface area contributed by atoms with Crippen molar-refractivity contribution in [1.82, 2.24) is 0 Å². The number of carbonyl (C=O) groups is 1. The van der Waals surface area contributed by atoms with Crippen LogP contribution in [0.4, 0.5) is 11.4 Å². The summed E-state index contributed by atoms with van der Waals surface area (Å²) in [6, 6.07) is 12.8. The van der Waals surface area contributed by atoms with E-state index < -0.39 is 10.0 Å². The lowest BCUT2D eigenvalue weighted by Crippen LogP contribution is -2.15. The first kappa shape index (κ1) is 17.8. The fourth-order valence-electron chi connectivity index (χ4n) is 2.03. The molecule has 6 nitrogen and oxygen atoms in total. The SMILES string of the molecule is CC(=O)Nc1ccc(S(=O)(=O)Nc2ccccc2OC(C)C)cc1. The first-order valence-corrected chi connectivity index (χ1v) is 8.92. The highest BCUT2D eigenvalue weighted by atomic mass is 32.2.